The summed E-state index contributed by atoms with van der Waals surface area (Å²) in [6, 6.07) is 0.610. The molecule has 0 aromatic rings. The molecule has 0 spiro atoms. The maximum atomic E-state index is 11.1. The Hall–Kier alpha value is 0.110. The van der Waals surface area contributed by atoms with Crippen LogP contribution in [0.5, 0.6) is 0 Å². The van der Waals surface area contributed by atoms with Crippen molar-refractivity contribution in [1.82, 2.24) is 5.32 Å². The highest BCUT2D eigenvalue weighted by molar-refractivity contribution is 7.84. The smallest absolute Gasteiger partial charge is 0.0235 e. The van der Waals surface area contributed by atoms with Gasteiger partial charge in [0.05, 0.1) is 0 Å². The second kappa shape index (κ2) is 7.74. The zero-order chi connectivity index (χ0) is 9.40. The molecular formula is C9H21NOS. The highest BCUT2D eigenvalue weighted by Gasteiger charge is 2.03. The van der Waals surface area contributed by atoms with Gasteiger partial charge in [0.15, 0.2) is 0 Å². The first-order valence-electron chi connectivity index (χ1n) is 4.76. The van der Waals surface area contributed by atoms with Crippen LogP contribution in [0.3, 0.4) is 0 Å². The van der Waals surface area contributed by atoms with Gasteiger partial charge in [0, 0.05) is 28.3 Å². The van der Waals surface area contributed by atoms with Gasteiger partial charge in [-0.05, 0) is 26.3 Å². The molecule has 0 aromatic heterocycles. The van der Waals surface area contributed by atoms with Crippen molar-refractivity contribution in [2.45, 2.75) is 39.2 Å². The highest BCUT2D eigenvalue weighted by atomic mass is 32.2. The van der Waals surface area contributed by atoms with Crippen LogP contribution in [0.1, 0.15) is 33.1 Å². The third-order valence-electron chi connectivity index (χ3n) is 2.15. The van der Waals surface area contributed by atoms with Crippen molar-refractivity contribution in [2.75, 3.05) is 18.6 Å². The summed E-state index contributed by atoms with van der Waals surface area (Å²) in [5, 5.41) is 3.24. The Kier molecular flexibility index (Phi) is 7.81. The molecule has 2 unspecified atom stereocenters. The van der Waals surface area contributed by atoms with Gasteiger partial charge in [-0.2, -0.15) is 0 Å². The van der Waals surface area contributed by atoms with Crippen molar-refractivity contribution in [3.63, 3.8) is 0 Å². The molecule has 0 amide bonds. The third kappa shape index (κ3) is 5.72. The van der Waals surface area contributed by atoms with Crippen LogP contribution in [0, 0.1) is 0 Å². The van der Waals surface area contributed by atoms with Crippen LogP contribution in [0.4, 0.5) is 0 Å². The molecule has 2 nitrogen and oxygen atoms in total. The monoisotopic (exact) mass is 191 g/mol. The summed E-state index contributed by atoms with van der Waals surface area (Å²) in [6.45, 7) is 4.16. The molecule has 0 aliphatic heterocycles. The third-order valence-corrected chi connectivity index (χ3v) is 3.54. The molecule has 1 N–H and O–H groups in total. The minimum absolute atomic E-state index is 0.575. The van der Waals surface area contributed by atoms with E-state index in [0.717, 1.165) is 30.8 Å². The molecular weight excluding hydrogens is 170 g/mol. The van der Waals surface area contributed by atoms with Gasteiger partial charge in [-0.1, -0.05) is 13.8 Å². The van der Waals surface area contributed by atoms with Crippen LogP contribution in [0.15, 0.2) is 0 Å². The molecule has 0 rings (SSSR count). The quantitative estimate of drug-likeness (QED) is 0.661. The first-order valence-corrected chi connectivity index (χ1v) is 6.25. The van der Waals surface area contributed by atoms with Crippen molar-refractivity contribution in [3.8, 4) is 0 Å². The number of nitrogens with one attached hydrogen (secondary N) is 1. The molecule has 0 saturated carbocycles. The number of hydrogen-bond donors (Lipinski definition) is 1. The minimum atomic E-state index is -0.575. The second-order valence-corrected chi connectivity index (χ2v) is 4.83. The Bertz CT molecular complexity index is 124. The molecule has 0 radical (unpaired) electrons. The predicted octanol–water partition coefficient (Wildman–Crippen LogP) is 1.53. The molecule has 0 saturated heterocycles. The van der Waals surface area contributed by atoms with E-state index >= 15 is 0 Å². The minimum Gasteiger partial charge on any atom is -0.317 e. The maximum Gasteiger partial charge on any atom is 0.0235 e. The van der Waals surface area contributed by atoms with E-state index in [2.05, 4.69) is 12.2 Å². The van der Waals surface area contributed by atoms with Crippen LogP contribution in [0.25, 0.3) is 0 Å². The average Bonchev–Trinajstić information content (AvgIpc) is 2.12. The van der Waals surface area contributed by atoms with Gasteiger partial charge in [-0.15, -0.1) is 0 Å². The molecule has 3 heteroatoms. The predicted molar refractivity (Wildman–Crippen MR) is 55.9 cm³/mol. The molecule has 0 aliphatic carbocycles. The lowest BCUT2D eigenvalue weighted by Crippen LogP contribution is -2.24. The lowest BCUT2D eigenvalue weighted by molar-refractivity contribution is 0.503. The zero-order valence-electron chi connectivity index (χ0n) is 8.43. The van der Waals surface area contributed by atoms with Crippen molar-refractivity contribution >= 4 is 10.8 Å². The van der Waals surface area contributed by atoms with Crippen molar-refractivity contribution in [3.05, 3.63) is 0 Å². The van der Waals surface area contributed by atoms with E-state index in [1.165, 1.54) is 0 Å². The van der Waals surface area contributed by atoms with Crippen LogP contribution in [-0.4, -0.2) is 28.8 Å². The number of rotatable bonds is 7. The summed E-state index contributed by atoms with van der Waals surface area (Å²) < 4.78 is 11.1. The molecule has 2 atom stereocenters. The molecule has 12 heavy (non-hydrogen) atoms. The van der Waals surface area contributed by atoms with Gasteiger partial charge in [0.25, 0.3) is 0 Å². The maximum absolute atomic E-state index is 11.1. The number of hydrogen-bond acceptors (Lipinski definition) is 2. The van der Waals surface area contributed by atoms with E-state index < -0.39 is 10.8 Å². The fraction of sp³-hybridized carbons (Fsp3) is 1.00. The van der Waals surface area contributed by atoms with Gasteiger partial charge in [0.1, 0.15) is 0 Å². The van der Waals surface area contributed by atoms with Gasteiger partial charge < -0.3 is 5.32 Å². The molecule has 0 fully saturated rings. The second-order valence-electron chi connectivity index (χ2n) is 2.97. The van der Waals surface area contributed by atoms with Gasteiger partial charge >= 0.3 is 0 Å². The van der Waals surface area contributed by atoms with E-state index in [1.807, 2.05) is 14.0 Å². The lowest BCUT2D eigenvalue weighted by atomic mass is 10.1. The fourth-order valence-electron chi connectivity index (χ4n) is 1.19. The molecule has 0 bridgehead atoms. The summed E-state index contributed by atoms with van der Waals surface area (Å²) in [5.41, 5.74) is 0. The Morgan fingerprint density at radius 3 is 2.50 bits per heavy atom. The Morgan fingerprint density at radius 1 is 1.42 bits per heavy atom. The summed E-state index contributed by atoms with van der Waals surface area (Å²) >= 11 is 0. The van der Waals surface area contributed by atoms with Gasteiger partial charge in [-0.3, -0.25) is 4.21 Å². The molecule has 74 valence electrons. The van der Waals surface area contributed by atoms with Crippen LogP contribution in [0.2, 0.25) is 0 Å². The first kappa shape index (κ1) is 12.1. The SMILES string of the molecule is CCC(CCCS(=O)CC)NC. The van der Waals surface area contributed by atoms with Crippen LogP contribution in [-0.2, 0) is 10.8 Å². The van der Waals surface area contributed by atoms with Crippen molar-refractivity contribution < 1.29 is 4.21 Å². The largest absolute Gasteiger partial charge is 0.317 e. The summed E-state index contributed by atoms with van der Waals surface area (Å²) in [6.07, 6.45) is 3.40. The molecule has 0 heterocycles. The first-order chi connectivity index (χ1) is 5.74. The standard InChI is InChI=1S/C9H21NOS/c1-4-9(10-3)7-6-8-12(11)5-2/h9-10H,4-8H2,1-3H3. The zero-order valence-corrected chi connectivity index (χ0v) is 9.25. The topological polar surface area (TPSA) is 29.1 Å². The Labute approximate surface area is 78.6 Å². The van der Waals surface area contributed by atoms with Crippen molar-refractivity contribution in [2.24, 2.45) is 0 Å². The van der Waals surface area contributed by atoms with Crippen LogP contribution < -0.4 is 5.32 Å². The molecule has 0 aromatic carbocycles. The van der Waals surface area contributed by atoms with E-state index in [9.17, 15) is 4.21 Å². The summed E-state index contributed by atoms with van der Waals surface area (Å²) in [5.74, 6) is 1.67. The Balaban J connectivity index is 3.34. The van der Waals surface area contributed by atoms with E-state index in [1.54, 1.807) is 0 Å². The highest BCUT2D eigenvalue weighted by Crippen LogP contribution is 2.01. The summed E-state index contributed by atoms with van der Waals surface area (Å²) in [7, 11) is 1.42. The summed E-state index contributed by atoms with van der Waals surface area (Å²) in [4.78, 5) is 0. The fourth-order valence-corrected chi connectivity index (χ4v) is 1.96. The van der Waals surface area contributed by atoms with Gasteiger partial charge in [0.2, 0.25) is 0 Å². The van der Waals surface area contributed by atoms with E-state index in [4.69, 9.17) is 0 Å². The normalized spacial score (nSPS) is 15.9. The average molecular weight is 191 g/mol. The molecule has 0 aliphatic rings. The van der Waals surface area contributed by atoms with E-state index in [0.29, 0.717) is 6.04 Å². The van der Waals surface area contributed by atoms with Gasteiger partial charge in [-0.25, -0.2) is 0 Å². The van der Waals surface area contributed by atoms with Crippen LogP contribution >= 0.6 is 0 Å². The Morgan fingerprint density at radius 2 is 2.08 bits per heavy atom. The lowest BCUT2D eigenvalue weighted by Gasteiger charge is -2.12. The van der Waals surface area contributed by atoms with Crippen molar-refractivity contribution in [1.29, 1.82) is 0 Å². The van der Waals surface area contributed by atoms with E-state index in [-0.39, 0.29) is 0 Å².